The van der Waals surface area contributed by atoms with Crippen molar-refractivity contribution < 1.29 is 32.6 Å². The lowest BCUT2D eigenvalue weighted by atomic mass is 9.98. The van der Waals surface area contributed by atoms with Crippen molar-refractivity contribution in [2.75, 3.05) is 25.1 Å². The van der Waals surface area contributed by atoms with Gasteiger partial charge in [0.25, 0.3) is 0 Å². The van der Waals surface area contributed by atoms with Gasteiger partial charge >= 0.3 is 18.2 Å². The molecule has 3 heterocycles. The summed E-state index contributed by atoms with van der Waals surface area (Å²) in [5.74, 6) is -0.765. The Hall–Kier alpha value is -5.08. The van der Waals surface area contributed by atoms with E-state index in [-0.39, 0.29) is 40.6 Å². The number of hydrogen-bond donors (Lipinski definition) is 3. The van der Waals surface area contributed by atoms with Crippen LogP contribution in [0.25, 0.3) is 32.6 Å². The molecule has 0 saturated heterocycles. The topological polar surface area (TPSA) is 135 Å². The molecule has 3 N–H and O–H groups in total. The van der Waals surface area contributed by atoms with Gasteiger partial charge in [0.15, 0.2) is 5.69 Å². The van der Waals surface area contributed by atoms with E-state index in [2.05, 4.69) is 20.6 Å². The number of aliphatic hydroxyl groups excluding tert-OH is 1. The predicted molar refractivity (Wildman–Crippen MR) is 172 cm³/mol. The molecule has 0 aliphatic rings. The standard InChI is InChI=1S/C33H30F3N5O5S/c1-3-37-32(45)40-28-14-22(30-39-27(18-47-30)33(34,35)36)24(15-38-28)20-10-11-26-23(13-20)29(43)25(31(44)46-4-2)16-41(26)21(17-42)12-19-8-6-5-7-9-19/h5-11,13-16,18,21,42H,3-4,12,17H2,1-2H3,(H2,37,38,40,45). The summed E-state index contributed by atoms with van der Waals surface area (Å²) in [6, 6.07) is 14.5. The van der Waals surface area contributed by atoms with E-state index in [9.17, 15) is 32.7 Å². The number of aromatic nitrogens is 3. The van der Waals surface area contributed by atoms with Crippen molar-refractivity contribution in [2.24, 2.45) is 0 Å². The molecule has 244 valence electrons. The van der Waals surface area contributed by atoms with Crippen molar-refractivity contribution >= 4 is 40.1 Å². The van der Waals surface area contributed by atoms with Crippen LogP contribution in [0, 0.1) is 0 Å². The van der Waals surface area contributed by atoms with Gasteiger partial charge < -0.3 is 19.7 Å². The Labute approximate surface area is 270 Å². The van der Waals surface area contributed by atoms with Crippen LogP contribution in [-0.2, 0) is 17.3 Å². The van der Waals surface area contributed by atoms with Crippen molar-refractivity contribution in [3.8, 4) is 21.7 Å². The van der Waals surface area contributed by atoms with E-state index in [1.807, 2.05) is 30.3 Å². The molecule has 14 heteroatoms. The van der Waals surface area contributed by atoms with Gasteiger partial charge in [0.1, 0.15) is 16.4 Å². The molecule has 3 aromatic heterocycles. The van der Waals surface area contributed by atoms with Crippen LogP contribution in [0.3, 0.4) is 0 Å². The van der Waals surface area contributed by atoms with Crippen LogP contribution in [0.1, 0.15) is 41.5 Å². The number of thiazole rings is 1. The molecule has 0 fully saturated rings. The molecule has 0 radical (unpaired) electrons. The third-order valence-electron chi connectivity index (χ3n) is 7.26. The quantitative estimate of drug-likeness (QED) is 0.149. The molecule has 0 aliphatic heterocycles. The number of ether oxygens (including phenoxy) is 1. The van der Waals surface area contributed by atoms with Crippen LogP contribution in [0.4, 0.5) is 23.8 Å². The number of fused-ring (bicyclic) bond motifs is 1. The van der Waals surface area contributed by atoms with Gasteiger partial charge in [-0.25, -0.2) is 19.6 Å². The van der Waals surface area contributed by atoms with Gasteiger partial charge in [-0.2, -0.15) is 13.2 Å². The number of halogens is 3. The Morgan fingerprint density at radius 1 is 1.09 bits per heavy atom. The molecule has 1 unspecified atom stereocenters. The number of aliphatic hydroxyl groups is 1. The average molecular weight is 666 g/mol. The van der Waals surface area contributed by atoms with Gasteiger partial charge in [0.2, 0.25) is 5.43 Å². The zero-order chi connectivity index (χ0) is 33.7. The summed E-state index contributed by atoms with van der Waals surface area (Å²) in [5, 5.41) is 16.6. The maximum atomic E-state index is 13.8. The number of pyridine rings is 2. The van der Waals surface area contributed by atoms with Gasteiger partial charge in [-0.15, -0.1) is 11.3 Å². The Kier molecular flexibility index (Phi) is 10.0. The zero-order valence-electron chi connectivity index (χ0n) is 25.3. The molecule has 0 aliphatic carbocycles. The average Bonchev–Trinajstić information content (AvgIpc) is 3.56. The molecule has 2 amide bonds. The van der Waals surface area contributed by atoms with Crippen LogP contribution < -0.4 is 16.1 Å². The molecule has 47 heavy (non-hydrogen) atoms. The van der Waals surface area contributed by atoms with Gasteiger partial charge in [-0.05, 0) is 49.6 Å². The monoisotopic (exact) mass is 665 g/mol. The normalized spacial score (nSPS) is 12.1. The van der Waals surface area contributed by atoms with Crippen molar-refractivity contribution in [3.05, 3.63) is 99.4 Å². The number of urea groups is 1. The first-order valence-corrected chi connectivity index (χ1v) is 15.5. The number of nitrogens with zero attached hydrogens (tertiary/aromatic N) is 3. The highest BCUT2D eigenvalue weighted by atomic mass is 32.1. The number of alkyl halides is 3. The number of carbonyl (C=O) groups is 2. The van der Waals surface area contributed by atoms with Crippen LogP contribution in [0.15, 0.2) is 77.2 Å². The predicted octanol–water partition coefficient (Wildman–Crippen LogP) is 6.30. The second-order valence-electron chi connectivity index (χ2n) is 10.4. The van der Waals surface area contributed by atoms with Gasteiger partial charge in [0, 0.05) is 40.8 Å². The van der Waals surface area contributed by atoms with E-state index in [1.54, 1.807) is 30.5 Å². The number of amides is 2. The number of esters is 1. The van der Waals surface area contributed by atoms with Gasteiger partial charge in [-0.1, -0.05) is 36.4 Å². The molecule has 2 aromatic carbocycles. The second kappa shape index (κ2) is 14.1. The van der Waals surface area contributed by atoms with Crippen molar-refractivity contribution in [1.82, 2.24) is 19.9 Å². The van der Waals surface area contributed by atoms with E-state index in [4.69, 9.17) is 4.74 Å². The number of anilines is 1. The van der Waals surface area contributed by atoms with Gasteiger partial charge in [0.05, 0.1) is 24.8 Å². The van der Waals surface area contributed by atoms with Gasteiger partial charge in [-0.3, -0.25) is 10.1 Å². The maximum absolute atomic E-state index is 13.8. The summed E-state index contributed by atoms with van der Waals surface area (Å²) in [6.07, 6.45) is -1.54. The first-order chi connectivity index (χ1) is 22.5. The molecule has 0 bridgehead atoms. The largest absolute Gasteiger partial charge is 0.462 e. The van der Waals surface area contributed by atoms with Crippen LogP contribution in [-0.4, -0.2) is 51.4 Å². The smallest absolute Gasteiger partial charge is 0.434 e. The number of hydrogen-bond acceptors (Lipinski definition) is 8. The molecule has 0 spiro atoms. The summed E-state index contributed by atoms with van der Waals surface area (Å²) < 4.78 is 47.3. The van der Waals surface area contributed by atoms with Crippen LogP contribution >= 0.6 is 11.3 Å². The zero-order valence-corrected chi connectivity index (χ0v) is 26.1. The fourth-order valence-electron chi connectivity index (χ4n) is 5.10. The molecule has 5 aromatic rings. The summed E-state index contributed by atoms with van der Waals surface area (Å²) in [7, 11) is 0. The van der Waals surface area contributed by atoms with E-state index in [1.165, 1.54) is 24.5 Å². The number of benzene rings is 2. The lowest BCUT2D eigenvalue weighted by Crippen LogP contribution is -2.28. The maximum Gasteiger partial charge on any atom is 0.434 e. The van der Waals surface area contributed by atoms with E-state index < -0.39 is 35.3 Å². The minimum atomic E-state index is -4.68. The van der Waals surface area contributed by atoms with Crippen molar-refractivity contribution in [1.29, 1.82) is 0 Å². The lowest BCUT2D eigenvalue weighted by molar-refractivity contribution is -0.140. The minimum Gasteiger partial charge on any atom is -0.462 e. The Morgan fingerprint density at radius 2 is 1.85 bits per heavy atom. The fourth-order valence-corrected chi connectivity index (χ4v) is 5.95. The van der Waals surface area contributed by atoms with E-state index >= 15 is 0 Å². The lowest BCUT2D eigenvalue weighted by Gasteiger charge is -2.22. The molecule has 0 saturated carbocycles. The number of rotatable bonds is 10. The van der Waals surface area contributed by atoms with Crippen LogP contribution in [0.2, 0.25) is 0 Å². The molecule has 5 rings (SSSR count). The molecule has 1 atom stereocenters. The van der Waals surface area contributed by atoms with Crippen LogP contribution in [0.5, 0.6) is 0 Å². The van der Waals surface area contributed by atoms with Crippen molar-refractivity contribution in [3.63, 3.8) is 0 Å². The Bertz CT molecular complexity index is 1980. The van der Waals surface area contributed by atoms with E-state index in [0.29, 0.717) is 29.6 Å². The first-order valence-electron chi connectivity index (χ1n) is 14.6. The summed E-state index contributed by atoms with van der Waals surface area (Å²) in [4.78, 5) is 47.0. The highest BCUT2D eigenvalue weighted by Crippen LogP contribution is 2.39. The number of nitrogens with one attached hydrogen (secondary N) is 2. The fraction of sp³-hybridized carbons (Fsp3) is 0.242. The summed E-state index contributed by atoms with van der Waals surface area (Å²) in [6.45, 7) is 3.40. The summed E-state index contributed by atoms with van der Waals surface area (Å²) in [5.41, 5.74) is 0.348. The highest BCUT2D eigenvalue weighted by molar-refractivity contribution is 7.13. The third-order valence-corrected chi connectivity index (χ3v) is 8.14. The first kappa shape index (κ1) is 33.3. The summed E-state index contributed by atoms with van der Waals surface area (Å²) >= 11 is 0.763. The second-order valence-corrected chi connectivity index (χ2v) is 11.3. The Morgan fingerprint density at radius 3 is 2.51 bits per heavy atom. The number of carbonyl (C=O) groups excluding carboxylic acids is 2. The van der Waals surface area contributed by atoms with Crippen molar-refractivity contribution in [2.45, 2.75) is 32.5 Å². The molecule has 10 nitrogen and oxygen atoms in total. The Balaban J connectivity index is 1.70. The SMILES string of the molecule is CCNC(=O)Nc1cc(-c2nc(C(F)(F)F)cs2)c(-c2ccc3c(c2)c(=O)c(C(=O)OCC)cn3C(CO)Cc2ccccc2)cn1. The molecular weight excluding hydrogens is 635 g/mol. The van der Waals surface area contributed by atoms with E-state index in [0.717, 1.165) is 22.3 Å². The minimum absolute atomic E-state index is 0.00895. The molecular formula is C33H30F3N5O5S. The highest BCUT2D eigenvalue weighted by Gasteiger charge is 2.34. The third kappa shape index (κ3) is 7.34.